The Morgan fingerprint density at radius 3 is 2.71 bits per heavy atom. The van der Waals surface area contributed by atoms with Crippen molar-refractivity contribution in [3.63, 3.8) is 0 Å². The van der Waals surface area contributed by atoms with Crippen molar-refractivity contribution >= 4 is 11.4 Å². The SMILES string of the molecule is CCC1CCCC(Nc2ccc(N(C)C(C)C)c(F)c2)C1. The second-order valence-electron chi connectivity index (χ2n) is 6.65. The lowest BCUT2D eigenvalue weighted by Gasteiger charge is -2.30. The van der Waals surface area contributed by atoms with E-state index in [1.54, 1.807) is 6.07 Å². The third kappa shape index (κ3) is 4.12. The Bertz CT molecular complexity index is 459. The van der Waals surface area contributed by atoms with Gasteiger partial charge in [0.1, 0.15) is 5.82 Å². The van der Waals surface area contributed by atoms with E-state index in [9.17, 15) is 4.39 Å². The number of hydrogen-bond acceptors (Lipinski definition) is 2. The normalized spacial score (nSPS) is 22.4. The number of rotatable bonds is 5. The van der Waals surface area contributed by atoms with Crippen molar-refractivity contribution in [3.05, 3.63) is 24.0 Å². The fourth-order valence-corrected chi connectivity index (χ4v) is 3.19. The Morgan fingerprint density at radius 2 is 2.10 bits per heavy atom. The van der Waals surface area contributed by atoms with Crippen LogP contribution in [0.25, 0.3) is 0 Å². The molecule has 0 radical (unpaired) electrons. The van der Waals surface area contributed by atoms with E-state index in [1.807, 2.05) is 24.1 Å². The molecule has 0 bridgehead atoms. The lowest BCUT2D eigenvalue weighted by molar-refractivity contribution is 0.327. The van der Waals surface area contributed by atoms with Crippen LogP contribution in [0.1, 0.15) is 52.9 Å². The van der Waals surface area contributed by atoms with E-state index in [0.29, 0.717) is 17.8 Å². The van der Waals surface area contributed by atoms with Gasteiger partial charge in [-0.15, -0.1) is 0 Å². The van der Waals surface area contributed by atoms with Gasteiger partial charge in [0, 0.05) is 24.8 Å². The number of halogens is 1. The zero-order chi connectivity index (χ0) is 15.4. The quantitative estimate of drug-likeness (QED) is 0.817. The van der Waals surface area contributed by atoms with Gasteiger partial charge >= 0.3 is 0 Å². The van der Waals surface area contributed by atoms with Gasteiger partial charge in [-0.25, -0.2) is 4.39 Å². The van der Waals surface area contributed by atoms with Gasteiger partial charge in [0.05, 0.1) is 5.69 Å². The second kappa shape index (κ2) is 7.15. The van der Waals surface area contributed by atoms with Crippen LogP contribution in [0.3, 0.4) is 0 Å². The molecule has 0 saturated heterocycles. The van der Waals surface area contributed by atoms with E-state index >= 15 is 0 Å². The molecule has 1 aliphatic carbocycles. The average Bonchev–Trinajstić information content (AvgIpc) is 2.47. The topological polar surface area (TPSA) is 15.3 Å². The molecule has 0 heterocycles. The zero-order valence-electron chi connectivity index (χ0n) is 13.8. The molecule has 0 aromatic heterocycles. The third-order valence-corrected chi connectivity index (χ3v) is 4.83. The Hall–Kier alpha value is -1.25. The Balaban J connectivity index is 2.03. The molecule has 1 aromatic rings. The van der Waals surface area contributed by atoms with Crippen LogP contribution in [0.5, 0.6) is 0 Å². The molecule has 3 heteroatoms. The first-order valence-corrected chi connectivity index (χ1v) is 8.30. The standard InChI is InChI=1S/C18H29FN2/c1-5-14-7-6-8-15(11-14)20-16-9-10-18(17(19)12-16)21(4)13(2)3/h9-10,12-15,20H,5-8,11H2,1-4H3. The highest BCUT2D eigenvalue weighted by Gasteiger charge is 2.21. The summed E-state index contributed by atoms with van der Waals surface area (Å²) in [5.41, 5.74) is 1.58. The minimum absolute atomic E-state index is 0.140. The highest BCUT2D eigenvalue weighted by atomic mass is 19.1. The van der Waals surface area contributed by atoms with Crippen molar-refractivity contribution in [1.82, 2.24) is 0 Å². The summed E-state index contributed by atoms with van der Waals surface area (Å²) >= 11 is 0. The molecule has 21 heavy (non-hydrogen) atoms. The first-order valence-electron chi connectivity index (χ1n) is 8.30. The summed E-state index contributed by atoms with van der Waals surface area (Å²) in [6, 6.07) is 6.33. The van der Waals surface area contributed by atoms with Crippen LogP contribution in [-0.4, -0.2) is 19.1 Å². The second-order valence-corrected chi connectivity index (χ2v) is 6.65. The van der Waals surface area contributed by atoms with Gasteiger partial charge in [-0.1, -0.05) is 26.2 Å². The monoisotopic (exact) mass is 292 g/mol. The van der Waals surface area contributed by atoms with Crippen molar-refractivity contribution in [1.29, 1.82) is 0 Å². The maximum atomic E-state index is 14.3. The van der Waals surface area contributed by atoms with Crippen LogP contribution in [0.4, 0.5) is 15.8 Å². The van der Waals surface area contributed by atoms with Crippen molar-refractivity contribution < 1.29 is 4.39 Å². The number of nitrogens with one attached hydrogen (secondary N) is 1. The van der Waals surface area contributed by atoms with Crippen molar-refractivity contribution in [2.45, 2.75) is 65.0 Å². The smallest absolute Gasteiger partial charge is 0.148 e. The van der Waals surface area contributed by atoms with Crippen molar-refractivity contribution in [3.8, 4) is 0 Å². The number of anilines is 2. The van der Waals surface area contributed by atoms with Crippen LogP contribution >= 0.6 is 0 Å². The first-order chi connectivity index (χ1) is 10.0. The molecule has 1 N–H and O–H groups in total. The summed E-state index contributed by atoms with van der Waals surface area (Å²) in [5, 5.41) is 3.52. The molecule has 2 atom stereocenters. The van der Waals surface area contributed by atoms with E-state index in [-0.39, 0.29) is 5.82 Å². The lowest BCUT2D eigenvalue weighted by atomic mass is 9.84. The van der Waals surface area contributed by atoms with E-state index < -0.39 is 0 Å². The molecule has 2 unspecified atom stereocenters. The average molecular weight is 292 g/mol. The fourth-order valence-electron chi connectivity index (χ4n) is 3.19. The van der Waals surface area contributed by atoms with Gasteiger partial charge in [-0.3, -0.25) is 0 Å². The first kappa shape index (κ1) is 16.1. The van der Waals surface area contributed by atoms with Gasteiger partial charge in [0.2, 0.25) is 0 Å². The van der Waals surface area contributed by atoms with Crippen LogP contribution in [-0.2, 0) is 0 Å². The molecule has 1 aromatic carbocycles. The molecule has 0 amide bonds. The zero-order valence-corrected chi connectivity index (χ0v) is 13.8. The predicted molar refractivity (Wildman–Crippen MR) is 89.6 cm³/mol. The number of benzene rings is 1. The Kier molecular flexibility index (Phi) is 5.49. The van der Waals surface area contributed by atoms with E-state index in [4.69, 9.17) is 0 Å². The minimum Gasteiger partial charge on any atom is -0.382 e. The van der Waals surface area contributed by atoms with Crippen LogP contribution in [0.2, 0.25) is 0 Å². The van der Waals surface area contributed by atoms with Gasteiger partial charge in [-0.05, 0) is 50.8 Å². The van der Waals surface area contributed by atoms with Crippen LogP contribution < -0.4 is 10.2 Å². The molecule has 2 nitrogen and oxygen atoms in total. The van der Waals surface area contributed by atoms with E-state index in [1.165, 1.54) is 32.1 Å². The van der Waals surface area contributed by atoms with Crippen molar-refractivity contribution in [2.75, 3.05) is 17.3 Å². The maximum absolute atomic E-state index is 14.3. The van der Waals surface area contributed by atoms with E-state index in [0.717, 1.165) is 11.6 Å². The van der Waals surface area contributed by atoms with Gasteiger partial charge in [-0.2, -0.15) is 0 Å². The fraction of sp³-hybridized carbons (Fsp3) is 0.667. The highest BCUT2D eigenvalue weighted by molar-refractivity contribution is 5.56. The molecule has 0 aliphatic heterocycles. The molecule has 2 rings (SSSR count). The number of hydrogen-bond donors (Lipinski definition) is 1. The minimum atomic E-state index is -0.140. The predicted octanol–water partition coefficient (Wildman–Crippen LogP) is 5.05. The molecule has 0 spiro atoms. The largest absolute Gasteiger partial charge is 0.382 e. The number of nitrogens with zero attached hydrogens (tertiary/aromatic N) is 1. The summed E-state index contributed by atoms with van der Waals surface area (Å²) < 4.78 is 14.3. The lowest BCUT2D eigenvalue weighted by Crippen LogP contribution is -2.28. The third-order valence-electron chi connectivity index (χ3n) is 4.83. The summed E-state index contributed by atoms with van der Waals surface area (Å²) in [6.07, 6.45) is 6.30. The summed E-state index contributed by atoms with van der Waals surface area (Å²) in [6.45, 7) is 6.40. The molecule has 118 valence electrons. The Labute approximate surface area is 128 Å². The summed E-state index contributed by atoms with van der Waals surface area (Å²) in [7, 11) is 1.93. The van der Waals surface area contributed by atoms with E-state index in [2.05, 4.69) is 26.1 Å². The molecule has 1 saturated carbocycles. The molecule has 1 fully saturated rings. The molecule has 1 aliphatic rings. The van der Waals surface area contributed by atoms with Crippen LogP contribution in [0.15, 0.2) is 18.2 Å². The highest BCUT2D eigenvalue weighted by Crippen LogP contribution is 2.30. The molecular weight excluding hydrogens is 263 g/mol. The summed E-state index contributed by atoms with van der Waals surface area (Å²) in [4.78, 5) is 1.97. The van der Waals surface area contributed by atoms with Crippen LogP contribution in [0, 0.1) is 11.7 Å². The molecular formula is C18H29FN2. The van der Waals surface area contributed by atoms with Gasteiger partial charge in [0.25, 0.3) is 0 Å². The van der Waals surface area contributed by atoms with Crippen molar-refractivity contribution in [2.24, 2.45) is 5.92 Å². The van der Waals surface area contributed by atoms with Gasteiger partial charge < -0.3 is 10.2 Å². The maximum Gasteiger partial charge on any atom is 0.148 e. The Morgan fingerprint density at radius 1 is 1.33 bits per heavy atom. The van der Waals surface area contributed by atoms with Gasteiger partial charge in [0.15, 0.2) is 0 Å². The summed E-state index contributed by atoms with van der Waals surface area (Å²) in [5.74, 6) is 0.687.